The van der Waals surface area contributed by atoms with E-state index in [1.807, 2.05) is 30.6 Å². The minimum atomic E-state index is -4.54. The standard InChI is InChI=1S/C33H41F4N3O4/c1-31(2,3)40-19-27(21-5-8-25(44-4)9-6-21)32(34,20-40)30(43)39-16-13-23(18-39)26-10-7-24(33(35,36)37)17-28(26)38-14-11-22(12-15-38)29(41)42/h5-10,17,22-23,27H,11-16,18-20H2,1-4H3,(H,41,42)/t23-,27+,32+/m1/s1. The van der Waals surface area contributed by atoms with Crippen LogP contribution in [-0.2, 0) is 15.8 Å². The molecule has 0 aromatic heterocycles. The summed E-state index contributed by atoms with van der Waals surface area (Å²) in [5.74, 6) is -2.36. The summed E-state index contributed by atoms with van der Waals surface area (Å²) in [5.41, 5.74) is -1.54. The normalized spacial score (nSPS) is 25.5. The first-order valence-electron chi connectivity index (χ1n) is 15.2. The summed E-state index contributed by atoms with van der Waals surface area (Å²) in [6, 6.07) is 10.8. The van der Waals surface area contributed by atoms with Crippen LogP contribution in [0.4, 0.5) is 23.2 Å². The third-order valence-electron chi connectivity index (χ3n) is 9.66. The van der Waals surface area contributed by atoms with E-state index in [0.717, 1.165) is 12.1 Å². The molecule has 3 aliphatic rings. The number of carboxylic acids is 1. The summed E-state index contributed by atoms with van der Waals surface area (Å²) in [4.78, 5) is 30.9. The third-order valence-corrected chi connectivity index (χ3v) is 9.66. The van der Waals surface area contributed by atoms with Gasteiger partial charge in [-0.2, -0.15) is 13.2 Å². The Balaban J connectivity index is 1.41. The highest BCUT2D eigenvalue weighted by atomic mass is 19.4. The van der Waals surface area contributed by atoms with Crippen molar-refractivity contribution >= 4 is 17.6 Å². The number of piperidine rings is 1. The van der Waals surface area contributed by atoms with E-state index in [-0.39, 0.29) is 24.5 Å². The predicted molar refractivity (Wildman–Crippen MR) is 159 cm³/mol. The van der Waals surface area contributed by atoms with Crippen LogP contribution >= 0.6 is 0 Å². The highest BCUT2D eigenvalue weighted by molar-refractivity contribution is 5.88. The zero-order valence-electron chi connectivity index (χ0n) is 25.7. The second-order valence-electron chi connectivity index (χ2n) is 13.3. The van der Waals surface area contributed by atoms with Crippen LogP contribution in [0.3, 0.4) is 0 Å². The second-order valence-corrected chi connectivity index (χ2v) is 13.3. The van der Waals surface area contributed by atoms with Gasteiger partial charge in [0.15, 0.2) is 0 Å². The van der Waals surface area contributed by atoms with E-state index in [0.29, 0.717) is 68.0 Å². The molecular formula is C33H41F4N3O4. The minimum Gasteiger partial charge on any atom is -0.497 e. The average molecular weight is 620 g/mol. The molecule has 0 spiro atoms. The highest BCUT2D eigenvalue weighted by Crippen LogP contribution is 2.45. The molecule has 0 aliphatic carbocycles. The Kier molecular flexibility index (Phi) is 8.65. The highest BCUT2D eigenvalue weighted by Gasteiger charge is 2.57. The van der Waals surface area contributed by atoms with Crippen LogP contribution in [0.25, 0.3) is 0 Å². The first-order chi connectivity index (χ1) is 20.6. The summed E-state index contributed by atoms with van der Waals surface area (Å²) in [6.07, 6.45) is -3.38. The number of anilines is 1. The molecule has 0 radical (unpaired) electrons. The molecule has 44 heavy (non-hydrogen) atoms. The molecule has 0 unspecified atom stereocenters. The molecule has 0 bridgehead atoms. The van der Waals surface area contributed by atoms with Gasteiger partial charge in [-0.25, -0.2) is 4.39 Å². The van der Waals surface area contributed by atoms with Crippen LogP contribution in [0.5, 0.6) is 5.75 Å². The number of hydrogen-bond acceptors (Lipinski definition) is 5. The quantitative estimate of drug-likeness (QED) is 0.404. The first kappa shape index (κ1) is 32.1. The van der Waals surface area contributed by atoms with Gasteiger partial charge < -0.3 is 19.6 Å². The minimum absolute atomic E-state index is 0.0583. The molecule has 5 rings (SSSR count). The Hall–Kier alpha value is -3.34. The molecule has 1 amide bonds. The van der Waals surface area contributed by atoms with E-state index in [2.05, 4.69) is 0 Å². The second kappa shape index (κ2) is 11.9. The van der Waals surface area contributed by atoms with E-state index in [1.54, 1.807) is 31.4 Å². The van der Waals surface area contributed by atoms with E-state index in [4.69, 9.17) is 4.74 Å². The van der Waals surface area contributed by atoms with Crippen LogP contribution in [0.2, 0.25) is 0 Å². The number of aliphatic carboxylic acids is 1. The summed E-state index contributed by atoms with van der Waals surface area (Å²) < 4.78 is 63.7. The molecule has 3 fully saturated rings. The van der Waals surface area contributed by atoms with Crippen molar-refractivity contribution in [2.45, 2.75) is 69.3 Å². The van der Waals surface area contributed by atoms with Crippen molar-refractivity contribution in [3.05, 3.63) is 59.2 Å². The van der Waals surface area contributed by atoms with Gasteiger partial charge in [0, 0.05) is 62.3 Å². The van der Waals surface area contributed by atoms with Crippen LogP contribution in [-0.4, -0.2) is 84.4 Å². The Bertz CT molecular complexity index is 1370. The van der Waals surface area contributed by atoms with E-state index < -0.39 is 41.1 Å². The van der Waals surface area contributed by atoms with E-state index in [1.165, 1.54) is 11.0 Å². The van der Waals surface area contributed by atoms with Gasteiger partial charge in [0.1, 0.15) is 5.75 Å². The molecule has 1 N–H and O–H groups in total. The lowest BCUT2D eigenvalue weighted by Gasteiger charge is -2.35. The lowest BCUT2D eigenvalue weighted by atomic mass is 9.85. The summed E-state index contributed by atoms with van der Waals surface area (Å²) in [5, 5.41) is 9.40. The lowest BCUT2D eigenvalue weighted by molar-refractivity contribution is -0.143. The maximum Gasteiger partial charge on any atom is 0.416 e. The van der Waals surface area contributed by atoms with Gasteiger partial charge in [-0.15, -0.1) is 0 Å². The molecule has 11 heteroatoms. The van der Waals surface area contributed by atoms with Crippen LogP contribution in [0.15, 0.2) is 42.5 Å². The number of nitrogens with zero attached hydrogens (tertiary/aromatic N) is 3. The van der Waals surface area contributed by atoms with Crippen molar-refractivity contribution < 1.29 is 37.0 Å². The van der Waals surface area contributed by atoms with Crippen molar-refractivity contribution in [2.24, 2.45) is 5.92 Å². The molecule has 240 valence electrons. The molecular weight excluding hydrogens is 578 g/mol. The van der Waals surface area contributed by atoms with E-state index >= 15 is 4.39 Å². The van der Waals surface area contributed by atoms with Crippen molar-refractivity contribution in [3.63, 3.8) is 0 Å². The van der Waals surface area contributed by atoms with E-state index in [9.17, 15) is 27.9 Å². The summed E-state index contributed by atoms with van der Waals surface area (Å²) in [6.45, 7) is 7.41. The van der Waals surface area contributed by atoms with Gasteiger partial charge in [0.05, 0.1) is 18.6 Å². The number of methoxy groups -OCH3 is 1. The van der Waals surface area contributed by atoms with Crippen molar-refractivity contribution in [1.29, 1.82) is 0 Å². The molecule has 7 nitrogen and oxygen atoms in total. The Morgan fingerprint density at radius 1 is 0.955 bits per heavy atom. The number of ether oxygens (including phenoxy) is 1. The molecule has 0 saturated carbocycles. The summed E-state index contributed by atoms with van der Waals surface area (Å²) in [7, 11) is 1.55. The molecule has 3 saturated heterocycles. The largest absolute Gasteiger partial charge is 0.497 e. The SMILES string of the molecule is COc1ccc([C@@H]2CN(C(C)(C)C)C[C@@]2(F)C(=O)N2CC[C@@H](c3ccc(C(F)(F)F)cc3N3CCC(C(=O)O)CC3)C2)cc1. The van der Waals surface area contributed by atoms with Crippen LogP contribution in [0, 0.1) is 5.92 Å². The van der Waals surface area contributed by atoms with Gasteiger partial charge >= 0.3 is 12.1 Å². The maximum absolute atomic E-state index is 17.2. The zero-order chi connectivity index (χ0) is 32.0. The van der Waals surface area contributed by atoms with Crippen LogP contribution in [0.1, 0.15) is 68.6 Å². The Morgan fingerprint density at radius 2 is 1.61 bits per heavy atom. The van der Waals surface area contributed by atoms with Crippen molar-refractivity contribution in [3.8, 4) is 5.75 Å². The smallest absolute Gasteiger partial charge is 0.416 e. The topological polar surface area (TPSA) is 73.3 Å². The van der Waals surface area contributed by atoms with Crippen molar-refractivity contribution in [1.82, 2.24) is 9.80 Å². The number of amides is 1. The average Bonchev–Trinajstić information content (AvgIpc) is 3.62. The number of carbonyl (C=O) groups excluding carboxylic acids is 1. The number of alkyl halides is 4. The van der Waals surface area contributed by atoms with Crippen molar-refractivity contribution in [2.75, 3.05) is 51.3 Å². The molecule has 3 atom stereocenters. The van der Waals surface area contributed by atoms with Gasteiger partial charge in [0.25, 0.3) is 5.91 Å². The number of carbonyl (C=O) groups is 2. The number of likely N-dealkylation sites (tertiary alicyclic amines) is 2. The van der Waals surface area contributed by atoms with Crippen LogP contribution < -0.4 is 9.64 Å². The Morgan fingerprint density at radius 3 is 2.18 bits per heavy atom. The third kappa shape index (κ3) is 6.25. The first-order valence-corrected chi connectivity index (χ1v) is 15.2. The molecule has 3 aliphatic heterocycles. The number of halogens is 4. The summed E-state index contributed by atoms with van der Waals surface area (Å²) >= 11 is 0. The molecule has 2 aromatic carbocycles. The number of benzene rings is 2. The fourth-order valence-corrected chi connectivity index (χ4v) is 6.92. The van der Waals surface area contributed by atoms with Gasteiger partial charge in [-0.1, -0.05) is 18.2 Å². The van der Waals surface area contributed by atoms with Gasteiger partial charge in [-0.3, -0.25) is 14.5 Å². The number of hydrogen-bond donors (Lipinski definition) is 1. The number of carboxylic acid groups (broad SMARTS) is 1. The van der Waals surface area contributed by atoms with Gasteiger partial charge in [-0.05, 0) is 75.4 Å². The fourth-order valence-electron chi connectivity index (χ4n) is 6.92. The Labute approximate surface area is 255 Å². The number of rotatable bonds is 6. The monoisotopic (exact) mass is 619 g/mol. The molecule has 3 heterocycles. The fraction of sp³-hybridized carbons (Fsp3) is 0.576. The maximum atomic E-state index is 17.2. The molecule has 2 aromatic rings. The zero-order valence-corrected chi connectivity index (χ0v) is 25.7. The predicted octanol–water partition coefficient (Wildman–Crippen LogP) is 5.94. The van der Waals surface area contributed by atoms with Gasteiger partial charge in [0.2, 0.25) is 5.67 Å². The lowest BCUT2D eigenvalue weighted by Crippen LogP contribution is -2.51.